The molecule has 10 heteroatoms. The van der Waals surface area contributed by atoms with E-state index in [-0.39, 0.29) is 18.1 Å². The van der Waals surface area contributed by atoms with Gasteiger partial charge < -0.3 is 39.4 Å². The highest BCUT2D eigenvalue weighted by Gasteiger charge is 2.47. The summed E-state index contributed by atoms with van der Waals surface area (Å²) >= 11 is 0. The van der Waals surface area contributed by atoms with E-state index in [0.717, 1.165) is 0 Å². The van der Waals surface area contributed by atoms with Crippen molar-refractivity contribution < 1.29 is 49.0 Å². The van der Waals surface area contributed by atoms with E-state index in [2.05, 4.69) is 0 Å². The second kappa shape index (κ2) is 6.42. The van der Waals surface area contributed by atoms with Gasteiger partial charge in [-0.25, -0.2) is 9.59 Å². The predicted octanol–water partition coefficient (Wildman–Crippen LogP) is -1.61. The zero-order valence-electron chi connectivity index (χ0n) is 11.0. The van der Waals surface area contributed by atoms with Crippen LogP contribution >= 0.6 is 0 Å². The van der Waals surface area contributed by atoms with Gasteiger partial charge in [0.25, 0.3) is 0 Å². The highest BCUT2D eigenvalue weighted by Crippen LogP contribution is 2.23. The number of hydrogen-bond donors (Lipinski definition) is 5. The molecule has 5 atom stereocenters. The average Bonchev–Trinajstić information content (AvgIpc) is 2.93. The normalized spacial score (nSPS) is 31.9. The summed E-state index contributed by atoms with van der Waals surface area (Å²) in [5.74, 6) is -3.02. The molecule has 0 amide bonds. The number of ether oxygens (including phenoxy) is 2. The lowest BCUT2D eigenvalue weighted by Gasteiger charge is -2.38. The van der Waals surface area contributed by atoms with Gasteiger partial charge in [0.2, 0.25) is 5.76 Å². The third-order valence-electron chi connectivity index (χ3n) is 3.08. The first-order valence-corrected chi connectivity index (χ1v) is 6.17. The van der Waals surface area contributed by atoms with Crippen LogP contribution in [0.5, 0.6) is 0 Å². The molecule has 122 valence electrons. The molecule has 0 unspecified atom stereocenters. The second-order valence-electron chi connectivity index (χ2n) is 4.62. The first-order valence-electron chi connectivity index (χ1n) is 6.17. The Balaban J connectivity index is 2.01. The summed E-state index contributed by atoms with van der Waals surface area (Å²) in [5.41, 5.74) is 0. The molecule has 1 aliphatic heterocycles. The summed E-state index contributed by atoms with van der Waals surface area (Å²) in [6.07, 6.45) is -8.56. The van der Waals surface area contributed by atoms with Gasteiger partial charge >= 0.3 is 11.9 Å². The van der Waals surface area contributed by atoms with Crippen molar-refractivity contribution in [3.05, 3.63) is 23.7 Å². The Morgan fingerprint density at radius 1 is 1.09 bits per heavy atom. The molecule has 22 heavy (non-hydrogen) atoms. The smallest absolute Gasteiger partial charge is 0.371 e. The van der Waals surface area contributed by atoms with Crippen molar-refractivity contribution in [1.82, 2.24) is 0 Å². The van der Waals surface area contributed by atoms with Crippen molar-refractivity contribution >= 4 is 11.9 Å². The van der Waals surface area contributed by atoms with E-state index in [1.807, 2.05) is 0 Å². The van der Waals surface area contributed by atoms with E-state index in [1.165, 1.54) is 12.1 Å². The number of hydrogen-bond acceptors (Lipinski definition) is 8. The standard InChI is InChI=1S/C12H14O10/c13-6-7(14)9(11(18)19)22-12(8(6)15)20-3-4-1-2-5(21-4)10(16)17/h1-2,6-9,12-15H,3H2,(H,16,17)(H,18,19)/t6-,7+,8+,9-,12-/m0/s1. The van der Waals surface area contributed by atoms with Gasteiger partial charge in [0.15, 0.2) is 12.4 Å². The summed E-state index contributed by atoms with van der Waals surface area (Å²) in [6, 6.07) is 2.51. The topological polar surface area (TPSA) is 167 Å². The van der Waals surface area contributed by atoms with Crippen LogP contribution in [-0.4, -0.2) is 68.2 Å². The largest absolute Gasteiger partial charge is 0.479 e. The van der Waals surface area contributed by atoms with Crippen LogP contribution in [0.3, 0.4) is 0 Å². The van der Waals surface area contributed by atoms with Gasteiger partial charge in [0, 0.05) is 0 Å². The van der Waals surface area contributed by atoms with Crippen LogP contribution in [0.25, 0.3) is 0 Å². The molecular weight excluding hydrogens is 304 g/mol. The lowest BCUT2D eigenvalue weighted by atomic mass is 9.99. The number of furan rings is 1. The first kappa shape index (κ1) is 16.4. The van der Waals surface area contributed by atoms with Crippen molar-refractivity contribution in [2.45, 2.75) is 37.3 Å². The van der Waals surface area contributed by atoms with Crippen LogP contribution in [0.4, 0.5) is 0 Å². The average molecular weight is 318 g/mol. The summed E-state index contributed by atoms with van der Waals surface area (Å²) in [4.78, 5) is 21.5. The maximum Gasteiger partial charge on any atom is 0.371 e. The molecule has 1 aromatic heterocycles. The third kappa shape index (κ3) is 3.26. The second-order valence-corrected chi connectivity index (χ2v) is 4.62. The van der Waals surface area contributed by atoms with Crippen molar-refractivity contribution in [3.63, 3.8) is 0 Å². The van der Waals surface area contributed by atoms with Gasteiger partial charge in [0.1, 0.15) is 30.7 Å². The van der Waals surface area contributed by atoms with Crippen molar-refractivity contribution in [1.29, 1.82) is 0 Å². The number of aliphatic hydroxyl groups excluding tert-OH is 3. The summed E-state index contributed by atoms with van der Waals surface area (Å²) in [7, 11) is 0. The number of rotatable bonds is 5. The Bertz CT molecular complexity index is 552. The Hall–Kier alpha value is -1.98. The number of carbonyl (C=O) groups is 2. The van der Waals surface area contributed by atoms with Gasteiger partial charge in [-0.1, -0.05) is 0 Å². The fourth-order valence-electron chi connectivity index (χ4n) is 1.92. The SMILES string of the molecule is O=C(O)c1ccc(CO[C@H]2O[C@H](C(=O)O)[C@H](O)[C@H](O)[C@H]2O)o1. The lowest BCUT2D eigenvalue weighted by molar-refractivity contribution is -0.297. The van der Waals surface area contributed by atoms with Crippen LogP contribution in [0, 0.1) is 0 Å². The molecule has 0 aliphatic carbocycles. The number of aliphatic hydroxyl groups is 3. The van der Waals surface area contributed by atoms with Gasteiger partial charge in [-0.2, -0.15) is 0 Å². The van der Waals surface area contributed by atoms with Crippen molar-refractivity contribution in [2.75, 3.05) is 0 Å². The van der Waals surface area contributed by atoms with Crippen LogP contribution in [0.2, 0.25) is 0 Å². The third-order valence-corrected chi connectivity index (χ3v) is 3.08. The maximum atomic E-state index is 10.9. The Labute approximate surface area is 123 Å². The Morgan fingerprint density at radius 3 is 2.32 bits per heavy atom. The van der Waals surface area contributed by atoms with Crippen LogP contribution < -0.4 is 0 Å². The zero-order chi connectivity index (χ0) is 16.4. The molecule has 1 fully saturated rings. The molecule has 0 aromatic carbocycles. The van der Waals surface area contributed by atoms with E-state index < -0.39 is 42.6 Å². The van der Waals surface area contributed by atoms with Gasteiger partial charge in [0.05, 0.1) is 0 Å². The monoisotopic (exact) mass is 318 g/mol. The fourth-order valence-corrected chi connectivity index (χ4v) is 1.92. The molecule has 0 bridgehead atoms. The van der Waals surface area contributed by atoms with Crippen molar-refractivity contribution in [2.24, 2.45) is 0 Å². The van der Waals surface area contributed by atoms with Crippen LogP contribution in [-0.2, 0) is 20.9 Å². The quantitative estimate of drug-likeness (QED) is 0.426. The summed E-state index contributed by atoms with van der Waals surface area (Å²) in [5, 5.41) is 46.3. The van der Waals surface area contributed by atoms with Crippen LogP contribution in [0.15, 0.2) is 16.5 Å². The highest BCUT2D eigenvalue weighted by molar-refractivity contribution is 5.84. The summed E-state index contributed by atoms with van der Waals surface area (Å²) in [6.45, 7) is -0.329. The number of carboxylic acid groups (broad SMARTS) is 2. The molecule has 0 spiro atoms. The minimum atomic E-state index is -1.81. The van der Waals surface area contributed by atoms with Gasteiger partial charge in [-0.05, 0) is 12.1 Å². The summed E-state index contributed by atoms with van der Waals surface area (Å²) < 4.78 is 14.9. The molecule has 1 aliphatic rings. The number of carboxylic acids is 2. The minimum Gasteiger partial charge on any atom is -0.479 e. The molecule has 5 N–H and O–H groups in total. The molecule has 10 nitrogen and oxygen atoms in total. The maximum absolute atomic E-state index is 10.9. The Morgan fingerprint density at radius 2 is 1.77 bits per heavy atom. The van der Waals surface area contributed by atoms with E-state index >= 15 is 0 Å². The van der Waals surface area contributed by atoms with Crippen LogP contribution in [0.1, 0.15) is 16.3 Å². The van der Waals surface area contributed by atoms with Crippen molar-refractivity contribution in [3.8, 4) is 0 Å². The first-order chi connectivity index (χ1) is 10.3. The minimum absolute atomic E-state index is 0.0979. The zero-order valence-corrected chi connectivity index (χ0v) is 11.0. The molecule has 0 radical (unpaired) electrons. The molecule has 2 heterocycles. The molecule has 1 saturated heterocycles. The van der Waals surface area contributed by atoms with E-state index in [0.29, 0.717) is 0 Å². The van der Waals surface area contributed by atoms with E-state index in [9.17, 15) is 24.9 Å². The molecule has 0 saturated carbocycles. The van der Waals surface area contributed by atoms with E-state index in [4.69, 9.17) is 24.1 Å². The number of aromatic carboxylic acids is 1. The fraction of sp³-hybridized carbons (Fsp3) is 0.500. The molecule has 2 rings (SSSR count). The predicted molar refractivity (Wildman–Crippen MR) is 64.8 cm³/mol. The van der Waals surface area contributed by atoms with Gasteiger partial charge in [-0.15, -0.1) is 0 Å². The van der Waals surface area contributed by atoms with Gasteiger partial charge in [-0.3, -0.25) is 0 Å². The number of aliphatic carboxylic acids is 1. The molecule has 1 aromatic rings. The lowest BCUT2D eigenvalue weighted by Crippen LogP contribution is -2.60. The highest BCUT2D eigenvalue weighted by atomic mass is 16.7. The Kier molecular flexibility index (Phi) is 4.78. The molecular formula is C12H14O10. The van der Waals surface area contributed by atoms with E-state index in [1.54, 1.807) is 0 Å².